The summed E-state index contributed by atoms with van der Waals surface area (Å²) >= 11 is 1.43. The van der Waals surface area contributed by atoms with E-state index in [0.717, 1.165) is 11.5 Å². The first-order valence-corrected chi connectivity index (χ1v) is 7.85. The Bertz CT molecular complexity index is 573. The molecule has 0 amide bonds. The van der Waals surface area contributed by atoms with E-state index >= 15 is 0 Å². The normalized spacial score (nSPS) is 12.6. The number of aromatic nitrogens is 3. The number of benzene rings is 1. The zero-order chi connectivity index (χ0) is 15.2. The molecule has 0 aliphatic heterocycles. The molecule has 0 fully saturated rings. The van der Waals surface area contributed by atoms with Crippen LogP contribution in [0.3, 0.4) is 0 Å². The third-order valence-corrected chi connectivity index (χ3v) is 4.10. The van der Waals surface area contributed by atoms with Crippen LogP contribution in [0.25, 0.3) is 5.69 Å². The molecule has 1 aromatic carbocycles. The van der Waals surface area contributed by atoms with Gasteiger partial charge < -0.3 is 10.8 Å². The predicted octanol–water partition coefficient (Wildman–Crippen LogP) is 1.77. The van der Waals surface area contributed by atoms with Crippen LogP contribution in [-0.2, 0) is 6.42 Å². The van der Waals surface area contributed by atoms with E-state index in [1.807, 2.05) is 11.5 Å². The molecule has 114 valence electrons. The topological polar surface area (TPSA) is 77.0 Å². The van der Waals surface area contributed by atoms with Crippen molar-refractivity contribution in [3.05, 3.63) is 35.9 Å². The summed E-state index contributed by atoms with van der Waals surface area (Å²) in [5.41, 5.74) is 6.39. The Kier molecular flexibility index (Phi) is 5.72. The van der Waals surface area contributed by atoms with Gasteiger partial charge in [-0.3, -0.25) is 4.57 Å². The lowest BCUT2D eigenvalue weighted by atomic mass is 10.3. The van der Waals surface area contributed by atoms with E-state index in [9.17, 15) is 9.50 Å². The highest BCUT2D eigenvalue weighted by atomic mass is 32.2. The van der Waals surface area contributed by atoms with Crippen molar-refractivity contribution in [3.63, 3.8) is 0 Å². The number of nitrogens with zero attached hydrogens (tertiary/aromatic N) is 3. The largest absolute Gasteiger partial charge is 0.392 e. The van der Waals surface area contributed by atoms with Crippen molar-refractivity contribution >= 4 is 11.8 Å². The monoisotopic (exact) mass is 310 g/mol. The summed E-state index contributed by atoms with van der Waals surface area (Å²) < 4.78 is 14.9. The van der Waals surface area contributed by atoms with Crippen molar-refractivity contribution in [2.24, 2.45) is 5.73 Å². The van der Waals surface area contributed by atoms with E-state index in [0.29, 0.717) is 30.3 Å². The Morgan fingerprint density at radius 3 is 2.67 bits per heavy atom. The molecule has 7 heteroatoms. The summed E-state index contributed by atoms with van der Waals surface area (Å²) in [6.07, 6.45) is 0.889. The number of halogens is 1. The summed E-state index contributed by atoms with van der Waals surface area (Å²) in [5.74, 6) is 0.985. The van der Waals surface area contributed by atoms with Crippen LogP contribution in [-0.4, -0.2) is 38.3 Å². The highest BCUT2D eigenvalue weighted by Crippen LogP contribution is 2.23. The van der Waals surface area contributed by atoms with E-state index < -0.39 is 0 Å². The Labute approximate surface area is 127 Å². The van der Waals surface area contributed by atoms with E-state index in [-0.39, 0.29) is 11.9 Å². The van der Waals surface area contributed by atoms with Gasteiger partial charge in [-0.25, -0.2) is 4.39 Å². The second-order valence-electron chi connectivity index (χ2n) is 4.62. The first-order valence-electron chi connectivity index (χ1n) is 6.86. The van der Waals surface area contributed by atoms with Gasteiger partial charge in [0.1, 0.15) is 11.6 Å². The van der Waals surface area contributed by atoms with Crippen molar-refractivity contribution in [2.45, 2.75) is 31.0 Å². The van der Waals surface area contributed by atoms with Crippen molar-refractivity contribution in [2.75, 3.05) is 12.3 Å². The van der Waals surface area contributed by atoms with E-state index in [1.54, 1.807) is 12.1 Å². The van der Waals surface area contributed by atoms with E-state index in [2.05, 4.69) is 10.2 Å². The molecule has 0 aliphatic rings. The summed E-state index contributed by atoms with van der Waals surface area (Å²) in [6.45, 7) is 2.39. The van der Waals surface area contributed by atoms with Crippen LogP contribution < -0.4 is 5.73 Å². The summed E-state index contributed by atoms with van der Waals surface area (Å²) in [5, 5.41) is 18.7. The van der Waals surface area contributed by atoms with Crippen LogP contribution >= 0.6 is 11.8 Å². The third-order valence-electron chi connectivity index (χ3n) is 3.03. The average Bonchev–Trinajstić information content (AvgIpc) is 2.89. The molecule has 2 aromatic rings. The van der Waals surface area contributed by atoms with Crippen LogP contribution in [0.2, 0.25) is 0 Å². The van der Waals surface area contributed by atoms with Crippen molar-refractivity contribution in [3.8, 4) is 5.69 Å². The van der Waals surface area contributed by atoms with Crippen LogP contribution in [0, 0.1) is 5.82 Å². The van der Waals surface area contributed by atoms with Crippen molar-refractivity contribution in [1.82, 2.24) is 14.8 Å². The molecule has 1 unspecified atom stereocenters. The SMILES string of the molecule is CCC(O)CSc1nnc(CCN)n1-c1ccc(F)cc1. The maximum absolute atomic E-state index is 13.1. The van der Waals surface area contributed by atoms with Crippen LogP contribution in [0.1, 0.15) is 19.2 Å². The Morgan fingerprint density at radius 1 is 1.33 bits per heavy atom. The van der Waals surface area contributed by atoms with E-state index in [4.69, 9.17) is 5.73 Å². The molecular weight excluding hydrogens is 291 g/mol. The molecule has 2 rings (SSSR count). The molecule has 0 saturated heterocycles. The molecular formula is C14H19FN4OS. The molecule has 0 radical (unpaired) electrons. The number of aliphatic hydroxyl groups excluding tert-OH is 1. The van der Waals surface area contributed by atoms with Gasteiger partial charge in [0.2, 0.25) is 0 Å². The number of nitrogens with two attached hydrogens (primary N) is 1. The van der Waals surface area contributed by atoms with Crippen molar-refractivity contribution in [1.29, 1.82) is 0 Å². The molecule has 1 aromatic heterocycles. The minimum Gasteiger partial charge on any atom is -0.392 e. The van der Waals surface area contributed by atoms with E-state index in [1.165, 1.54) is 23.9 Å². The first kappa shape index (κ1) is 15.9. The van der Waals surface area contributed by atoms with Gasteiger partial charge in [-0.15, -0.1) is 10.2 Å². The number of rotatable bonds is 7. The lowest BCUT2D eigenvalue weighted by Crippen LogP contribution is -2.11. The average molecular weight is 310 g/mol. The summed E-state index contributed by atoms with van der Waals surface area (Å²) in [4.78, 5) is 0. The van der Waals surface area contributed by atoms with Gasteiger partial charge in [0.05, 0.1) is 6.10 Å². The smallest absolute Gasteiger partial charge is 0.195 e. The molecule has 5 nitrogen and oxygen atoms in total. The lowest BCUT2D eigenvalue weighted by Gasteiger charge is -2.11. The molecule has 3 N–H and O–H groups in total. The second kappa shape index (κ2) is 7.53. The summed E-state index contributed by atoms with van der Waals surface area (Å²) in [6, 6.07) is 6.16. The highest BCUT2D eigenvalue weighted by Gasteiger charge is 2.15. The molecule has 1 atom stereocenters. The fourth-order valence-electron chi connectivity index (χ4n) is 1.82. The number of aliphatic hydroxyl groups is 1. The minimum atomic E-state index is -0.383. The van der Waals surface area contributed by atoms with Gasteiger partial charge in [-0.2, -0.15) is 0 Å². The fraction of sp³-hybridized carbons (Fsp3) is 0.429. The minimum absolute atomic E-state index is 0.289. The maximum atomic E-state index is 13.1. The molecule has 1 heterocycles. The zero-order valence-electron chi connectivity index (χ0n) is 11.9. The quantitative estimate of drug-likeness (QED) is 0.762. The number of hydrogen-bond donors (Lipinski definition) is 2. The zero-order valence-corrected chi connectivity index (χ0v) is 12.7. The Hall–Kier alpha value is -1.44. The van der Waals surface area contributed by atoms with Crippen LogP contribution in [0.5, 0.6) is 0 Å². The fourth-order valence-corrected chi connectivity index (χ4v) is 2.84. The van der Waals surface area contributed by atoms with Crippen molar-refractivity contribution < 1.29 is 9.50 Å². The summed E-state index contributed by atoms with van der Waals surface area (Å²) in [7, 11) is 0. The van der Waals surface area contributed by atoms with Gasteiger partial charge in [-0.05, 0) is 37.2 Å². The molecule has 0 aliphatic carbocycles. The number of thioether (sulfide) groups is 1. The maximum Gasteiger partial charge on any atom is 0.195 e. The van der Waals surface area contributed by atoms with Gasteiger partial charge in [0.25, 0.3) is 0 Å². The Balaban J connectivity index is 2.30. The molecule has 21 heavy (non-hydrogen) atoms. The van der Waals surface area contributed by atoms with Crippen LogP contribution in [0.4, 0.5) is 4.39 Å². The molecule has 0 saturated carbocycles. The molecule has 0 spiro atoms. The first-order chi connectivity index (χ1) is 10.2. The standard InChI is InChI=1S/C14H19FN4OS/c1-2-12(20)9-21-14-18-17-13(7-8-16)19(14)11-5-3-10(15)4-6-11/h3-6,12,20H,2,7-9,16H2,1H3. The van der Waals surface area contributed by atoms with Crippen LogP contribution in [0.15, 0.2) is 29.4 Å². The molecule has 0 bridgehead atoms. The lowest BCUT2D eigenvalue weighted by molar-refractivity contribution is 0.195. The second-order valence-corrected chi connectivity index (χ2v) is 5.61. The Morgan fingerprint density at radius 2 is 2.05 bits per heavy atom. The van der Waals surface area contributed by atoms with Gasteiger partial charge in [0.15, 0.2) is 5.16 Å². The van der Waals surface area contributed by atoms with Gasteiger partial charge in [-0.1, -0.05) is 18.7 Å². The predicted molar refractivity (Wildman–Crippen MR) is 81.1 cm³/mol. The van der Waals surface area contributed by atoms with Gasteiger partial charge >= 0.3 is 0 Å². The van der Waals surface area contributed by atoms with Gasteiger partial charge in [0, 0.05) is 17.9 Å². The third kappa shape index (κ3) is 4.03. The number of hydrogen-bond acceptors (Lipinski definition) is 5. The highest BCUT2D eigenvalue weighted by molar-refractivity contribution is 7.99.